The number of carbonyl (C=O) groups is 2. The molecule has 0 spiro atoms. The number of hydrogen-bond donors (Lipinski definition) is 1. The first-order chi connectivity index (χ1) is 9.60. The van der Waals surface area contributed by atoms with Crippen molar-refractivity contribution in [2.45, 2.75) is 31.0 Å². The summed E-state index contributed by atoms with van der Waals surface area (Å²) in [6.45, 7) is 4.83. The van der Waals surface area contributed by atoms with E-state index in [9.17, 15) is 9.59 Å². The maximum absolute atomic E-state index is 12.2. The number of anilines is 1. The standard InChI is InChI=1S/C12H18N4O2S2/c1-3-19-12-15-14-11(20-12)13-10(18)9-5-4-6-16(7-9)8(2)17/h9H,3-7H2,1-2H3,(H,13,14,18)/t9-/m1/s1. The van der Waals surface area contributed by atoms with Crippen LogP contribution in [-0.4, -0.2) is 45.8 Å². The van der Waals surface area contributed by atoms with E-state index in [0.29, 0.717) is 11.7 Å². The summed E-state index contributed by atoms with van der Waals surface area (Å²) in [5.41, 5.74) is 0. The first-order valence-electron chi connectivity index (χ1n) is 6.62. The Kier molecular flexibility index (Phi) is 5.36. The Morgan fingerprint density at radius 3 is 3.00 bits per heavy atom. The predicted octanol–water partition coefficient (Wildman–Crippen LogP) is 1.85. The van der Waals surface area contributed by atoms with E-state index in [4.69, 9.17) is 0 Å². The first-order valence-corrected chi connectivity index (χ1v) is 8.43. The van der Waals surface area contributed by atoms with Crippen LogP contribution in [0.25, 0.3) is 0 Å². The van der Waals surface area contributed by atoms with Gasteiger partial charge in [-0.1, -0.05) is 30.0 Å². The fraction of sp³-hybridized carbons (Fsp3) is 0.667. The third-order valence-corrected chi connectivity index (χ3v) is 5.00. The summed E-state index contributed by atoms with van der Waals surface area (Å²) in [6, 6.07) is 0. The Balaban J connectivity index is 1.91. The molecule has 0 bridgehead atoms. The quantitative estimate of drug-likeness (QED) is 0.678. The van der Waals surface area contributed by atoms with Crippen molar-refractivity contribution in [1.82, 2.24) is 15.1 Å². The Labute approximate surface area is 126 Å². The second kappa shape index (κ2) is 7.03. The van der Waals surface area contributed by atoms with Gasteiger partial charge in [-0.2, -0.15) is 0 Å². The van der Waals surface area contributed by atoms with Crippen LogP contribution in [0.4, 0.5) is 5.13 Å². The Hall–Kier alpha value is -1.15. The Morgan fingerprint density at radius 2 is 2.30 bits per heavy atom. The van der Waals surface area contributed by atoms with Crippen LogP contribution in [0.3, 0.4) is 0 Å². The number of piperidine rings is 1. The summed E-state index contributed by atoms with van der Waals surface area (Å²) in [6.07, 6.45) is 1.68. The molecule has 1 aliphatic rings. The van der Waals surface area contributed by atoms with Gasteiger partial charge in [-0.3, -0.25) is 9.59 Å². The fourth-order valence-corrected chi connectivity index (χ4v) is 3.78. The van der Waals surface area contributed by atoms with E-state index in [-0.39, 0.29) is 17.7 Å². The van der Waals surface area contributed by atoms with Crippen molar-refractivity contribution in [3.63, 3.8) is 0 Å². The van der Waals surface area contributed by atoms with Gasteiger partial charge in [0, 0.05) is 20.0 Å². The van der Waals surface area contributed by atoms with Crippen molar-refractivity contribution in [3.05, 3.63) is 0 Å². The number of thioether (sulfide) groups is 1. The number of amides is 2. The molecule has 0 unspecified atom stereocenters. The minimum absolute atomic E-state index is 0.0278. The Bertz CT molecular complexity index is 492. The monoisotopic (exact) mass is 314 g/mol. The zero-order valence-corrected chi connectivity index (χ0v) is 13.2. The van der Waals surface area contributed by atoms with Gasteiger partial charge in [-0.15, -0.1) is 10.2 Å². The molecule has 1 N–H and O–H groups in total. The molecule has 2 amide bonds. The summed E-state index contributed by atoms with van der Waals surface area (Å²) in [5, 5.41) is 11.3. The van der Waals surface area contributed by atoms with Gasteiger partial charge in [0.05, 0.1) is 5.92 Å². The number of nitrogens with zero attached hydrogens (tertiary/aromatic N) is 3. The molecule has 1 atom stereocenters. The average Bonchev–Trinajstić information content (AvgIpc) is 2.86. The second-order valence-corrected chi connectivity index (χ2v) is 7.09. The fourth-order valence-electron chi connectivity index (χ4n) is 2.13. The lowest BCUT2D eigenvalue weighted by atomic mass is 9.97. The van der Waals surface area contributed by atoms with Gasteiger partial charge in [0.1, 0.15) is 0 Å². The molecule has 110 valence electrons. The summed E-state index contributed by atoms with van der Waals surface area (Å²) >= 11 is 2.99. The molecule has 8 heteroatoms. The van der Waals surface area contributed by atoms with Gasteiger partial charge in [-0.25, -0.2) is 0 Å². The van der Waals surface area contributed by atoms with Gasteiger partial charge >= 0.3 is 0 Å². The highest BCUT2D eigenvalue weighted by molar-refractivity contribution is 8.01. The van der Waals surface area contributed by atoms with Crippen LogP contribution >= 0.6 is 23.1 Å². The number of likely N-dealkylation sites (tertiary alicyclic amines) is 1. The lowest BCUT2D eigenvalue weighted by molar-refractivity contribution is -0.132. The third kappa shape index (κ3) is 3.92. The molecular formula is C12H18N4O2S2. The van der Waals surface area contributed by atoms with Crippen molar-refractivity contribution in [1.29, 1.82) is 0 Å². The normalized spacial score (nSPS) is 18.9. The van der Waals surface area contributed by atoms with Gasteiger partial charge in [0.15, 0.2) is 4.34 Å². The Morgan fingerprint density at radius 1 is 1.50 bits per heavy atom. The van der Waals surface area contributed by atoms with Crippen molar-refractivity contribution in [2.75, 3.05) is 24.2 Å². The van der Waals surface area contributed by atoms with Crippen molar-refractivity contribution < 1.29 is 9.59 Å². The van der Waals surface area contributed by atoms with E-state index in [2.05, 4.69) is 15.5 Å². The lowest BCUT2D eigenvalue weighted by Gasteiger charge is -2.30. The van der Waals surface area contributed by atoms with Crippen LogP contribution in [0.1, 0.15) is 26.7 Å². The SMILES string of the molecule is CCSc1nnc(NC(=O)[C@@H]2CCCN(C(C)=O)C2)s1. The smallest absolute Gasteiger partial charge is 0.231 e. The van der Waals surface area contributed by atoms with E-state index >= 15 is 0 Å². The topological polar surface area (TPSA) is 75.2 Å². The minimum Gasteiger partial charge on any atom is -0.342 e. The minimum atomic E-state index is -0.154. The second-order valence-electron chi connectivity index (χ2n) is 4.60. The van der Waals surface area contributed by atoms with E-state index in [0.717, 1.165) is 29.5 Å². The zero-order chi connectivity index (χ0) is 14.5. The molecule has 1 aromatic rings. The molecule has 2 rings (SSSR count). The molecule has 20 heavy (non-hydrogen) atoms. The van der Waals surface area contributed by atoms with Crippen LogP contribution in [0.15, 0.2) is 4.34 Å². The van der Waals surface area contributed by atoms with Crippen molar-refractivity contribution in [2.24, 2.45) is 5.92 Å². The van der Waals surface area contributed by atoms with E-state index in [1.54, 1.807) is 23.6 Å². The van der Waals surface area contributed by atoms with Gasteiger partial charge in [0.25, 0.3) is 0 Å². The molecule has 0 radical (unpaired) electrons. The largest absolute Gasteiger partial charge is 0.342 e. The van der Waals surface area contributed by atoms with E-state index in [1.807, 2.05) is 6.92 Å². The lowest BCUT2D eigenvalue weighted by Crippen LogP contribution is -2.42. The number of rotatable bonds is 4. The van der Waals surface area contributed by atoms with Crippen LogP contribution in [0.2, 0.25) is 0 Å². The van der Waals surface area contributed by atoms with Gasteiger partial charge in [0.2, 0.25) is 16.9 Å². The number of nitrogens with one attached hydrogen (secondary N) is 1. The molecule has 6 nitrogen and oxygen atoms in total. The summed E-state index contributed by atoms with van der Waals surface area (Å²) in [7, 11) is 0. The molecule has 1 aliphatic heterocycles. The molecule has 0 aromatic carbocycles. The van der Waals surface area contributed by atoms with E-state index in [1.165, 1.54) is 11.3 Å². The maximum atomic E-state index is 12.2. The molecule has 2 heterocycles. The summed E-state index contributed by atoms with van der Waals surface area (Å²) < 4.78 is 0.858. The highest BCUT2D eigenvalue weighted by Gasteiger charge is 2.27. The zero-order valence-electron chi connectivity index (χ0n) is 11.6. The predicted molar refractivity (Wildman–Crippen MR) is 79.9 cm³/mol. The van der Waals surface area contributed by atoms with Crippen molar-refractivity contribution in [3.8, 4) is 0 Å². The first kappa shape index (κ1) is 15.2. The third-order valence-electron chi connectivity index (χ3n) is 3.14. The number of hydrogen-bond acceptors (Lipinski definition) is 6. The van der Waals surface area contributed by atoms with Gasteiger partial charge < -0.3 is 10.2 Å². The molecular weight excluding hydrogens is 296 g/mol. The average molecular weight is 314 g/mol. The molecule has 1 saturated heterocycles. The number of aromatic nitrogens is 2. The highest BCUT2D eigenvalue weighted by Crippen LogP contribution is 2.26. The van der Waals surface area contributed by atoms with Crippen LogP contribution in [-0.2, 0) is 9.59 Å². The van der Waals surface area contributed by atoms with E-state index < -0.39 is 0 Å². The molecule has 1 aromatic heterocycles. The summed E-state index contributed by atoms with van der Waals surface area (Å²) in [5.74, 6) is 0.734. The van der Waals surface area contributed by atoms with Crippen LogP contribution in [0, 0.1) is 5.92 Å². The molecule has 0 aliphatic carbocycles. The number of carbonyl (C=O) groups excluding carboxylic acids is 2. The maximum Gasteiger partial charge on any atom is 0.231 e. The van der Waals surface area contributed by atoms with Crippen LogP contribution < -0.4 is 5.32 Å². The molecule has 1 fully saturated rings. The highest BCUT2D eigenvalue weighted by atomic mass is 32.2. The van der Waals surface area contributed by atoms with Crippen LogP contribution in [0.5, 0.6) is 0 Å². The molecule has 0 saturated carbocycles. The summed E-state index contributed by atoms with van der Waals surface area (Å²) in [4.78, 5) is 25.3. The van der Waals surface area contributed by atoms with Crippen molar-refractivity contribution >= 4 is 40.0 Å². The van der Waals surface area contributed by atoms with Gasteiger partial charge in [-0.05, 0) is 18.6 Å².